The average Bonchev–Trinajstić information content (AvgIpc) is 2.91. The molecule has 3 nitrogen and oxygen atoms in total. The van der Waals surface area contributed by atoms with Crippen LogP contribution in [0.3, 0.4) is 0 Å². The van der Waals surface area contributed by atoms with Crippen molar-refractivity contribution >= 4 is 11.6 Å². The van der Waals surface area contributed by atoms with Crippen molar-refractivity contribution in [3.05, 3.63) is 17.7 Å². The summed E-state index contributed by atoms with van der Waals surface area (Å²) in [5.41, 5.74) is 0. The fourth-order valence-corrected chi connectivity index (χ4v) is 2.54. The van der Waals surface area contributed by atoms with E-state index in [1.165, 1.54) is 12.8 Å². The lowest BCUT2D eigenvalue weighted by atomic mass is 10.2. The highest BCUT2D eigenvalue weighted by molar-refractivity contribution is 5.49. The lowest BCUT2D eigenvalue weighted by molar-refractivity contribution is 0.558. The van der Waals surface area contributed by atoms with Gasteiger partial charge in [0.15, 0.2) is 23.3 Å². The lowest BCUT2D eigenvalue weighted by Crippen LogP contribution is -2.30. The third-order valence-corrected chi connectivity index (χ3v) is 3.66. The lowest BCUT2D eigenvalue weighted by Gasteiger charge is -2.26. The van der Waals surface area contributed by atoms with Crippen molar-refractivity contribution in [2.45, 2.75) is 45.1 Å². The fraction of sp³-hybridized carbons (Fsp3) is 0.643. The third-order valence-electron chi connectivity index (χ3n) is 3.66. The highest BCUT2D eigenvalue weighted by Crippen LogP contribution is 2.29. The predicted octanol–water partition coefficient (Wildman–Crippen LogP) is 3.56. The summed E-state index contributed by atoms with van der Waals surface area (Å²) >= 11 is 0. The molecule has 106 valence electrons. The Bertz CT molecular complexity index is 431. The highest BCUT2D eigenvalue weighted by atomic mass is 19.1. The zero-order valence-corrected chi connectivity index (χ0v) is 11.5. The Morgan fingerprint density at radius 3 is 2.63 bits per heavy atom. The Morgan fingerprint density at radius 1 is 1.32 bits per heavy atom. The number of aromatic nitrogens is 1. The van der Waals surface area contributed by atoms with Gasteiger partial charge in [0.1, 0.15) is 0 Å². The van der Waals surface area contributed by atoms with Crippen LogP contribution in [0.2, 0.25) is 0 Å². The second-order valence-electron chi connectivity index (χ2n) is 5.10. The molecule has 0 aliphatic heterocycles. The molecule has 0 aromatic carbocycles. The molecule has 1 N–H and O–H groups in total. The normalized spacial score (nSPS) is 15.8. The first kappa shape index (κ1) is 14.0. The molecule has 1 saturated carbocycles. The Balaban J connectivity index is 2.22. The summed E-state index contributed by atoms with van der Waals surface area (Å²) in [6.07, 6.45) is 5.29. The van der Waals surface area contributed by atoms with Gasteiger partial charge in [0.25, 0.3) is 0 Å². The number of hydrogen-bond acceptors (Lipinski definition) is 3. The van der Waals surface area contributed by atoms with E-state index in [1.807, 2.05) is 18.9 Å². The van der Waals surface area contributed by atoms with E-state index in [0.717, 1.165) is 25.3 Å². The van der Waals surface area contributed by atoms with Crippen molar-refractivity contribution in [2.24, 2.45) is 0 Å². The van der Waals surface area contributed by atoms with Crippen LogP contribution in [0.15, 0.2) is 6.07 Å². The third kappa shape index (κ3) is 3.14. The highest BCUT2D eigenvalue weighted by Gasteiger charge is 2.24. The van der Waals surface area contributed by atoms with Gasteiger partial charge in [-0.1, -0.05) is 19.8 Å². The number of pyridine rings is 1. The minimum absolute atomic E-state index is 0.142. The van der Waals surface area contributed by atoms with Crippen molar-refractivity contribution in [2.75, 3.05) is 23.8 Å². The molecule has 1 aliphatic rings. The number of nitrogens with zero attached hydrogens (tertiary/aromatic N) is 2. The first-order valence-electron chi connectivity index (χ1n) is 6.96. The molecule has 1 fully saturated rings. The van der Waals surface area contributed by atoms with Gasteiger partial charge in [-0.15, -0.1) is 0 Å². The molecule has 1 heterocycles. The summed E-state index contributed by atoms with van der Waals surface area (Å²) in [5.74, 6) is -0.835. The number of rotatable bonds is 5. The Hall–Kier alpha value is -1.39. The van der Waals surface area contributed by atoms with Crippen LogP contribution in [0.25, 0.3) is 0 Å². The molecular formula is C14H21F2N3. The van der Waals surface area contributed by atoms with Gasteiger partial charge in [0, 0.05) is 25.7 Å². The van der Waals surface area contributed by atoms with Gasteiger partial charge in [-0.25, -0.2) is 13.8 Å². The van der Waals surface area contributed by atoms with Crippen LogP contribution in [-0.2, 0) is 0 Å². The van der Waals surface area contributed by atoms with E-state index < -0.39 is 11.6 Å². The molecule has 1 aliphatic carbocycles. The maximum Gasteiger partial charge on any atom is 0.168 e. The summed E-state index contributed by atoms with van der Waals surface area (Å²) in [6.45, 7) is 2.61. The zero-order chi connectivity index (χ0) is 13.8. The Kier molecular flexibility index (Phi) is 4.56. The Labute approximate surface area is 113 Å². The van der Waals surface area contributed by atoms with Gasteiger partial charge >= 0.3 is 0 Å². The van der Waals surface area contributed by atoms with E-state index in [4.69, 9.17) is 0 Å². The number of halogens is 2. The van der Waals surface area contributed by atoms with Gasteiger partial charge < -0.3 is 10.2 Å². The molecule has 5 heteroatoms. The maximum atomic E-state index is 13.9. The standard InChI is InChI=1S/C14H21F2N3/c1-3-8-17-13-11(15)9-12(16)14(18-13)19(2)10-6-4-5-7-10/h9-10H,3-8H2,1-2H3,(H,17,18). The van der Waals surface area contributed by atoms with Crippen molar-refractivity contribution in [1.82, 2.24) is 4.98 Å². The fourth-order valence-electron chi connectivity index (χ4n) is 2.54. The van der Waals surface area contributed by atoms with E-state index in [9.17, 15) is 8.78 Å². The first-order valence-corrected chi connectivity index (χ1v) is 6.96. The van der Waals surface area contributed by atoms with Gasteiger partial charge in [0.05, 0.1) is 0 Å². The Morgan fingerprint density at radius 2 is 2.00 bits per heavy atom. The molecule has 0 radical (unpaired) electrons. The molecule has 0 atom stereocenters. The van der Waals surface area contributed by atoms with Crippen LogP contribution in [0.4, 0.5) is 20.4 Å². The molecule has 0 unspecified atom stereocenters. The minimum Gasteiger partial charge on any atom is -0.368 e. The largest absolute Gasteiger partial charge is 0.368 e. The van der Waals surface area contributed by atoms with E-state index in [0.29, 0.717) is 12.6 Å². The van der Waals surface area contributed by atoms with Crippen molar-refractivity contribution in [1.29, 1.82) is 0 Å². The predicted molar refractivity (Wildman–Crippen MR) is 73.6 cm³/mol. The van der Waals surface area contributed by atoms with Gasteiger partial charge in [-0.3, -0.25) is 0 Å². The molecular weight excluding hydrogens is 248 g/mol. The van der Waals surface area contributed by atoms with E-state index in [-0.39, 0.29) is 11.6 Å². The van der Waals surface area contributed by atoms with Crippen molar-refractivity contribution in [3.8, 4) is 0 Å². The molecule has 2 rings (SSSR count). The van der Waals surface area contributed by atoms with E-state index in [1.54, 1.807) is 0 Å². The van der Waals surface area contributed by atoms with E-state index >= 15 is 0 Å². The monoisotopic (exact) mass is 269 g/mol. The van der Waals surface area contributed by atoms with Gasteiger partial charge in [0.2, 0.25) is 0 Å². The molecule has 0 spiro atoms. The minimum atomic E-state index is -0.630. The van der Waals surface area contributed by atoms with Crippen LogP contribution in [0, 0.1) is 11.6 Å². The average molecular weight is 269 g/mol. The van der Waals surface area contributed by atoms with Crippen molar-refractivity contribution in [3.63, 3.8) is 0 Å². The molecule has 1 aromatic heterocycles. The van der Waals surface area contributed by atoms with E-state index in [2.05, 4.69) is 10.3 Å². The summed E-state index contributed by atoms with van der Waals surface area (Å²) in [7, 11) is 1.84. The summed E-state index contributed by atoms with van der Waals surface area (Å²) in [4.78, 5) is 5.96. The van der Waals surface area contributed by atoms with Gasteiger partial charge in [-0.2, -0.15) is 0 Å². The van der Waals surface area contributed by atoms with Crippen LogP contribution in [-0.4, -0.2) is 24.6 Å². The maximum absolute atomic E-state index is 13.9. The smallest absolute Gasteiger partial charge is 0.168 e. The number of anilines is 2. The SMILES string of the molecule is CCCNc1nc(N(C)C2CCCC2)c(F)cc1F. The van der Waals surface area contributed by atoms with Crippen LogP contribution < -0.4 is 10.2 Å². The molecule has 0 bridgehead atoms. The van der Waals surface area contributed by atoms with Crippen LogP contribution in [0.5, 0.6) is 0 Å². The molecule has 1 aromatic rings. The second-order valence-corrected chi connectivity index (χ2v) is 5.10. The summed E-state index contributed by atoms with van der Waals surface area (Å²) in [5, 5.41) is 2.90. The number of hydrogen-bond donors (Lipinski definition) is 1. The van der Waals surface area contributed by atoms with Crippen molar-refractivity contribution < 1.29 is 8.78 Å². The topological polar surface area (TPSA) is 28.2 Å². The molecule has 0 saturated heterocycles. The van der Waals surface area contributed by atoms with Crippen LogP contribution in [0.1, 0.15) is 39.0 Å². The zero-order valence-electron chi connectivity index (χ0n) is 11.5. The first-order chi connectivity index (χ1) is 9.13. The molecule has 19 heavy (non-hydrogen) atoms. The quantitative estimate of drug-likeness (QED) is 0.886. The van der Waals surface area contributed by atoms with Crippen LogP contribution >= 0.6 is 0 Å². The van der Waals surface area contributed by atoms with Gasteiger partial charge in [-0.05, 0) is 19.3 Å². The molecule has 0 amide bonds. The second kappa shape index (κ2) is 6.17. The number of nitrogens with one attached hydrogen (secondary N) is 1. The summed E-state index contributed by atoms with van der Waals surface area (Å²) < 4.78 is 27.5. The summed E-state index contributed by atoms with van der Waals surface area (Å²) in [6, 6.07) is 1.23.